The number of nitrogens with zero attached hydrogens (tertiary/aromatic N) is 3. The first-order valence-electron chi connectivity index (χ1n) is 8.43. The number of hydrogen-bond donors (Lipinski definition) is 1. The third-order valence-corrected chi connectivity index (χ3v) is 5.09. The number of rotatable bonds is 8. The minimum atomic E-state index is -0.202. The van der Waals surface area contributed by atoms with Crippen LogP contribution in [-0.4, -0.2) is 32.5 Å². The number of oxazole rings is 1. The van der Waals surface area contributed by atoms with E-state index in [1.807, 2.05) is 50.6 Å². The van der Waals surface area contributed by atoms with Crippen LogP contribution in [0.2, 0.25) is 0 Å². The van der Waals surface area contributed by atoms with Gasteiger partial charge in [-0.25, -0.2) is 4.98 Å². The molecule has 1 amide bonds. The summed E-state index contributed by atoms with van der Waals surface area (Å²) in [5, 5.41) is 7.49. The number of thioether (sulfide) groups is 1. The van der Waals surface area contributed by atoms with E-state index in [0.29, 0.717) is 11.8 Å². The van der Waals surface area contributed by atoms with Crippen molar-refractivity contribution < 1.29 is 9.21 Å². The molecule has 132 valence electrons. The van der Waals surface area contributed by atoms with Gasteiger partial charge in [0, 0.05) is 19.8 Å². The van der Waals surface area contributed by atoms with Crippen molar-refractivity contribution in [2.45, 2.75) is 36.7 Å². The standard InChI is InChI=1S/C18H22N4O2S/c1-3-16(25-18-21-14-8-4-5-9-15(14)24-18)17(23)19-10-6-7-13-11-20-22(2)12-13/h4-5,8-9,11-12,16H,3,6-7,10H2,1-2H3,(H,19,23). The quantitative estimate of drug-likeness (QED) is 0.494. The third-order valence-electron chi connectivity index (χ3n) is 3.88. The summed E-state index contributed by atoms with van der Waals surface area (Å²) >= 11 is 1.38. The van der Waals surface area contributed by atoms with E-state index in [2.05, 4.69) is 15.4 Å². The molecule has 6 nitrogen and oxygen atoms in total. The van der Waals surface area contributed by atoms with E-state index in [0.717, 1.165) is 30.4 Å². The summed E-state index contributed by atoms with van der Waals surface area (Å²) in [6, 6.07) is 7.62. The van der Waals surface area contributed by atoms with Crippen LogP contribution in [-0.2, 0) is 18.3 Å². The van der Waals surface area contributed by atoms with Crippen LogP contribution in [0, 0.1) is 0 Å². The second-order valence-corrected chi connectivity index (χ2v) is 7.03. The molecule has 1 unspecified atom stereocenters. The molecule has 0 aliphatic carbocycles. The van der Waals surface area contributed by atoms with Crippen molar-refractivity contribution in [2.24, 2.45) is 7.05 Å². The number of fused-ring (bicyclic) bond motifs is 1. The Balaban J connectivity index is 1.48. The van der Waals surface area contributed by atoms with Gasteiger partial charge >= 0.3 is 0 Å². The van der Waals surface area contributed by atoms with Gasteiger partial charge in [0.05, 0.1) is 11.4 Å². The second-order valence-electron chi connectivity index (χ2n) is 5.88. The normalized spacial score (nSPS) is 12.4. The van der Waals surface area contributed by atoms with Gasteiger partial charge in [0.1, 0.15) is 5.52 Å². The summed E-state index contributed by atoms with van der Waals surface area (Å²) in [4.78, 5) is 16.8. The number of carbonyl (C=O) groups is 1. The van der Waals surface area contributed by atoms with Crippen LogP contribution in [0.15, 0.2) is 46.3 Å². The first-order valence-corrected chi connectivity index (χ1v) is 9.31. The van der Waals surface area contributed by atoms with Gasteiger partial charge in [-0.2, -0.15) is 5.10 Å². The van der Waals surface area contributed by atoms with Gasteiger partial charge < -0.3 is 9.73 Å². The lowest BCUT2D eigenvalue weighted by Crippen LogP contribution is -2.33. The minimum Gasteiger partial charge on any atom is -0.431 e. The van der Waals surface area contributed by atoms with Crippen LogP contribution in [0.1, 0.15) is 25.3 Å². The Kier molecular flexibility index (Phi) is 5.75. The Morgan fingerprint density at radius 1 is 1.40 bits per heavy atom. The zero-order valence-electron chi connectivity index (χ0n) is 14.4. The van der Waals surface area contributed by atoms with E-state index >= 15 is 0 Å². The van der Waals surface area contributed by atoms with Gasteiger partial charge in [0.25, 0.3) is 5.22 Å². The van der Waals surface area contributed by atoms with E-state index in [4.69, 9.17) is 4.42 Å². The summed E-state index contributed by atoms with van der Waals surface area (Å²) in [5.41, 5.74) is 2.75. The number of hydrogen-bond acceptors (Lipinski definition) is 5. The van der Waals surface area contributed by atoms with Crippen LogP contribution in [0.4, 0.5) is 0 Å². The molecule has 1 aromatic carbocycles. The highest BCUT2D eigenvalue weighted by atomic mass is 32.2. The van der Waals surface area contributed by atoms with Gasteiger partial charge in [-0.05, 0) is 37.0 Å². The molecule has 0 bridgehead atoms. The number of amides is 1. The maximum Gasteiger partial charge on any atom is 0.257 e. The van der Waals surface area contributed by atoms with Crippen molar-refractivity contribution >= 4 is 28.8 Å². The van der Waals surface area contributed by atoms with Gasteiger partial charge in [-0.1, -0.05) is 30.8 Å². The van der Waals surface area contributed by atoms with E-state index < -0.39 is 0 Å². The van der Waals surface area contributed by atoms with E-state index in [1.54, 1.807) is 4.68 Å². The SMILES string of the molecule is CCC(Sc1nc2ccccc2o1)C(=O)NCCCc1cnn(C)c1. The molecule has 0 spiro atoms. The summed E-state index contributed by atoms with van der Waals surface area (Å²) in [7, 11) is 1.90. The molecule has 25 heavy (non-hydrogen) atoms. The molecule has 2 aromatic heterocycles. The summed E-state index contributed by atoms with van der Waals surface area (Å²) in [6.07, 6.45) is 6.38. The second kappa shape index (κ2) is 8.20. The molecular weight excluding hydrogens is 336 g/mol. The van der Waals surface area contributed by atoms with E-state index in [1.165, 1.54) is 17.3 Å². The average molecular weight is 358 g/mol. The monoisotopic (exact) mass is 358 g/mol. The molecule has 3 rings (SSSR count). The van der Waals surface area contributed by atoms with Crippen molar-refractivity contribution in [1.29, 1.82) is 0 Å². The molecule has 2 heterocycles. The Bertz CT molecular complexity index is 809. The smallest absolute Gasteiger partial charge is 0.257 e. The molecule has 3 aromatic rings. The molecule has 0 saturated carbocycles. The van der Waals surface area contributed by atoms with Crippen molar-refractivity contribution in [1.82, 2.24) is 20.1 Å². The lowest BCUT2D eigenvalue weighted by Gasteiger charge is -2.12. The van der Waals surface area contributed by atoms with E-state index in [9.17, 15) is 4.79 Å². The van der Waals surface area contributed by atoms with Crippen molar-refractivity contribution in [3.05, 3.63) is 42.2 Å². The van der Waals surface area contributed by atoms with Gasteiger partial charge in [0.15, 0.2) is 5.58 Å². The van der Waals surface area contributed by atoms with Crippen LogP contribution in [0.25, 0.3) is 11.1 Å². The molecule has 7 heteroatoms. The average Bonchev–Trinajstić information content (AvgIpc) is 3.21. The molecule has 1 N–H and O–H groups in total. The third kappa shape index (κ3) is 4.63. The topological polar surface area (TPSA) is 73.0 Å². The van der Waals surface area contributed by atoms with Crippen LogP contribution < -0.4 is 5.32 Å². The molecule has 0 aliphatic rings. The Labute approximate surface area is 151 Å². The largest absolute Gasteiger partial charge is 0.431 e. The predicted molar refractivity (Wildman–Crippen MR) is 98.5 cm³/mol. The number of aromatic nitrogens is 3. The minimum absolute atomic E-state index is 0.0287. The van der Waals surface area contributed by atoms with Crippen molar-refractivity contribution in [3.8, 4) is 0 Å². The van der Waals surface area contributed by atoms with Gasteiger partial charge in [-0.15, -0.1) is 0 Å². The zero-order chi connectivity index (χ0) is 17.6. The Morgan fingerprint density at radius 2 is 2.24 bits per heavy atom. The van der Waals surface area contributed by atoms with Crippen molar-refractivity contribution in [2.75, 3.05) is 6.54 Å². The maximum atomic E-state index is 12.4. The number of carbonyl (C=O) groups excluding carboxylic acids is 1. The van der Waals surface area contributed by atoms with Crippen molar-refractivity contribution in [3.63, 3.8) is 0 Å². The maximum absolute atomic E-state index is 12.4. The summed E-state index contributed by atoms with van der Waals surface area (Å²) in [5.74, 6) is 0.0287. The molecule has 1 atom stereocenters. The lowest BCUT2D eigenvalue weighted by atomic mass is 10.2. The van der Waals surface area contributed by atoms with Gasteiger partial charge in [-0.3, -0.25) is 9.48 Å². The Morgan fingerprint density at radius 3 is 2.96 bits per heavy atom. The molecule has 0 fully saturated rings. The number of benzene rings is 1. The fraction of sp³-hybridized carbons (Fsp3) is 0.389. The zero-order valence-corrected chi connectivity index (χ0v) is 15.3. The number of para-hydroxylation sites is 2. The van der Waals surface area contributed by atoms with Crippen LogP contribution in [0.5, 0.6) is 0 Å². The van der Waals surface area contributed by atoms with Gasteiger partial charge in [0.2, 0.25) is 5.91 Å². The fourth-order valence-corrected chi connectivity index (χ4v) is 3.45. The first-order chi connectivity index (χ1) is 12.2. The van der Waals surface area contributed by atoms with Crippen LogP contribution >= 0.6 is 11.8 Å². The Hall–Kier alpha value is -2.28. The fourth-order valence-electron chi connectivity index (χ4n) is 2.56. The highest BCUT2D eigenvalue weighted by Crippen LogP contribution is 2.28. The predicted octanol–water partition coefficient (Wildman–Crippen LogP) is 3.18. The number of nitrogens with one attached hydrogen (secondary N) is 1. The summed E-state index contributed by atoms with van der Waals surface area (Å²) in [6.45, 7) is 2.65. The van der Waals surface area contributed by atoms with E-state index in [-0.39, 0.29) is 11.2 Å². The molecule has 0 radical (unpaired) electrons. The molecular formula is C18H22N4O2S. The first kappa shape index (κ1) is 17.5. The van der Waals surface area contributed by atoms with Crippen LogP contribution in [0.3, 0.4) is 0 Å². The highest BCUT2D eigenvalue weighted by Gasteiger charge is 2.20. The number of aryl methyl sites for hydroxylation is 2. The molecule has 0 aliphatic heterocycles. The summed E-state index contributed by atoms with van der Waals surface area (Å²) < 4.78 is 7.49. The highest BCUT2D eigenvalue weighted by molar-refractivity contribution is 8.00. The molecule has 0 saturated heterocycles. The lowest BCUT2D eigenvalue weighted by molar-refractivity contribution is -0.120.